The number of halogens is 3. The van der Waals surface area contributed by atoms with Gasteiger partial charge < -0.3 is 10.1 Å². The first-order valence-electron chi connectivity index (χ1n) is 6.08. The quantitative estimate of drug-likeness (QED) is 0.785. The van der Waals surface area contributed by atoms with Crippen LogP contribution in [0.25, 0.3) is 0 Å². The molecule has 0 aliphatic rings. The summed E-state index contributed by atoms with van der Waals surface area (Å²) >= 11 is 5.86. The smallest absolute Gasteiger partial charge is 0.271 e. The van der Waals surface area contributed by atoms with Gasteiger partial charge in [0.2, 0.25) is 0 Å². The van der Waals surface area contributed by atoms with Crippen LogP contribution in [-0.2, 0) is 4.74 Å². The molecule has 1 N–H and O–H groups in total. The van der Waals surface area contributed by atoms with Crippen molar-refractivity contribution >= 4 is 17.5 Å². The maximum atomic E-state index is 11.8. The lowest BCUT2D eigenvalue weighted by molar-refractivity contribution is 0.0188. The molecule has 0 aliphatic heterocycles. The van der Waals surface area contributed by atoms with E-state index in [1.54, 1.807) is 0 Å². The maximum Gasteiger partial charge on any atom is 0.271 e. The normalized spacial score (nSPS) is 11.2. The van der Waals surface area contributed by atoms with Crippen molar-refractivity contribution in [2.45, 2.75) is 26.2 Å². The van der Waals surface area contributed by atoms with E-state index in [1.807, 2.05) is 13.8 Å². The van der Waals surface area contributed by atoms with Crippen molar-refractivity contribution in [3.05, 3.63) is 22.7 Å². The molecular weight excluding hydrogens is 292 g/mol. The molecule has 0 radical (unpaired) electrons. The molecule has 1 rings (SSSR count). The van der Waals surface area contributed by atoms with Crippen molar-refractivity contribution in [1.29, 1.82) is 0 Å². The maximum absolute atomic E-state index is 11.8. The predicted octanol–water partition coefficient (Wildman–Crippen LogP) is 2.26. The van der Waals surface area contributed by atoms with E-state index in [1.165, 1.54) is 6.20 Å². The summed E-state index contributed by atoms with van der Waals surface area (Å²) in [5, 5.41) is 2.64. The minimum absolute atomic E-state index is 0.00415. The molecule has 0 aliphatic carbocycles. The van der Waals surface area contributed by atoms with Crippen LogP contribution < -0.4 is 5.32 Å². The Morgan fingerprint density at radius 3 is 2.80 bits per heavy atom. The third-order valence-electron chi connectivity index (χ3n) is 2.27. The molecule has 5 nitrogen and oxygen atoms in total. The first-order chi connectivity index (χ1) is 9.41. The van der Waals surface area contributed by atoms with Crippen molar-refractivity contribution in [3.63, 3.8) is 0 Å². The number of carbonyl (C=O) groups is 1. The number of nitrogens with one attached hydrogen (secondary N) is 1. The molecule has 0 atom stereocenters. The van der Waals surface area contributed by atoms with Gasteiger partial charge in [-0.3, -0.25) is 4.79 Å². The molecule has 0 saturated heterocycles. The van der Waals surface area contributed by atoms with Crippen LogP contribution in [0.2, 0.25) is 5.02 Å². The Bertz CT molecular complexity index is 458. The number of rotatable bonds is 7. The average molecular weight is 308 g/mol. The van der Waals surface area contributed by atoms with Gasteiger partial charge in [0, 0.05) is 12.5 Å². The fourth-order valence-electron chi connectivity index (χ4n) is 1.31. The molecule has 112 valence electrons. The van der Waals surface area contributed by atoms with Crippen LogP contribution >= 0.6 is 11.6 Å². The molecule has 0 fully saturated rings. The first-order valence-corrected chi connectivity index (χ1v) is 6.46. The van der Waals surface area contributed by atoms with Crippen molar-refractivity contribution < 1.29 is 18.3 Å². The molecular formula is C12H16ClF2N3O2. The lowest BCUT2D eigenvalue weighted by Crippen LogP contribution is -2.29. The highest BCUT2D eigenvalue weighted by molar-refractivity contribution is 6.33. The summed E-state index contributed by atoms with van der Waals surface area (Å²) in [7, 11) is 0. The van der Waals surface area contributed by atoms with Gasteiger partial charge in [0.05, 0.1) is 17.8 Å². The highest BCUT2D eigenvalue weighted by Crippen LogP contribution is 2.16. The standard InChI is InChI=1S/C12H16ClF2N3O2/c1-7(2)11-17-5-8(13)10(18-11)12(19)16-3-4-20-6-9(14)15/h5,7,9H,3-4,6H2,1-2H3,(H,16,19). The zero-order chi connectivity index (χ0) is 15.1. The lowest BCUT2D eigenvalue weighted by atomic mass is 10.2. The van der Waals surface area contributed by atoms with E-state index in [9.17, 15) is 13.6 Å². The van der Waals surface area contributed by atoms with Crippen LogP contribution in [0.3, 0.4) is 0 Å². The fourth-order valence-corrected chi connectivity index (χ4v) is 1.49. The number of carbonyl (C=O) groups excluding carboxylic acids is 1. The molecule has 8 heteroatoms. The molecule has 0 unspecified atom stereocenters. The molecule has 1 amide bonds. The average Bonchev–Trinajstić information content (AvgIpc) is 2.37. The molecule has 1 aromatic rings. The van der Waals surface area contributed by atoms with Crippen LogP contribution in [0.5, 0.6) is 0 Å². The van der Waals surface area contributed by atoms with Crippen LogP contribution in [0.1, 0.15) is 36.1 Å². The van der Waals surface area contributed by atoms with Crippen LogP contribution in [0.4, 0.5) is 8.78 Å². The van der Waals surface area contributed by atoms with Crippen molar-refractivity contribution in [2.75, 3.05) is 19.8 Å². The Labute approximate surface area is 120 Å². The van der Waals surface area contributed by atoms with E-state index in [-0.39, 0.29) is 29.8 Å². The first kappa shape index (κ1) is 16.7. The van der Waals surface area contributed by atoms with E-state index in [0.717, 1.165) is 0 Å². The number of ether oxygens (including phenoxy) is 1. The Balaban J connectivity index is 2.52. The number of alkyl halides is 2. The molecule has 0 spiro atoms. The van der Waals surface area contributed by atoms with Crippen molar-refractivity contribution in [1.82, 2.24) is 15.3 Å². The predicted molar refractivity (Wildman–Crippen MR) is 70.3 cm³/mol. The van der Waals surface area contributed by atoms with E-state index >= 15 is 0 Å². The highest BCUT2D eigenvalue weighted by atomic mass is 35.5. The van der Waals surface area contributed by atoms with Gasteiger partial charge >= 0.3 is 0 Å². The Kier molecular flexibility index (Phi) is 6.74. The van der Waals surface area contributed by atoms with Gasteiger partial charge in [0.15, 0.2) is 0 Å². The van der Waals surface area contributed by atoms with E-state index in [0.29, 0.717) is 5.82 Å². The Morgan fingerprint density at radius 2 is 2.20 bits per heavy atom. The number of nitrogens with zero attached hydrogens (tertiary/aromatic N) is 2. The van der Waals surface area contributed by atoms with Gasteiger partial charge in [0.25, 0.3) is 12.3 Å². The second-order valence-electron chi connectivity index (χ2n) is 4.30. The summed E-state index contributed by atoms with van der Waals surface area (Å²) in [6.45, 7) is 3.23. The minimum atomic E-state index is -2.52. The summed E-state index contributed by atoms with van der Waals surface area (Å²) in [6.07, 6.45) is -1.15. The van der Waals surface area contributed by atoms with Gasteiger partial charge in [-0.25, -0.2) is 18.7 Å². The molecule has 0 aromatic carbocycles. The largest absolute Gasteiger partial charge is 0.374 e. The lowest BCUT2D eigenvalue weighted by Gasteiger charge is -2.09. The third kappa shape index (κ3) is 5.34. The summed E-state index contributed by atoms with van der Waals surface area (Å²) in [4.78, 5) is 19.9. The van der Waals surface area contributed by atoms with Crippen molar-refractivity contribution in [3.8, 4) is 0 Å². The topological polar surface area (TPSA) is 64.1 Å². The van der Waals surface area contributed by atoms with Crippen LogP contribution in [0.15, 0.2) is 6.20 Å². The summed E-state index contributed by atoms with van der Waals surface area (Å²) in [5.41, 5.74) is 0.0687. The number of hydrogen-bond donors (Lipinski definition) is 1. The Hall–Kier alpha value is -1.34. The van der Waals surface area contributed by atoms with Gasteiger partial charge in [-0.05, 0) is 0 Å². The zero-order valence-corrected chi connectivity index (χ0v) is 12.0. The fraction of sp³-hybridized carbons (Fsp3) is 0.583. The summed E-state index contributed by atoms with van der Waals surface area (Å²) in [6, 6.07) is 0. The number of aromatic nitrogens is 2. The van der Waals surface area contributed by atoms with Gasteiger partial charge in [0.1, 0.15) is 18.1 Å². The SMILES string of the molecule is CC(C)c1ncc(Cl)c(C(=O)NCCOCC(F)F)n1. The van der Waals surface area contributed by atoms with Gasteiger partial charge in [-0.1, -0.05) is 25.4 Å². The van der Waals surface area contributed by atoms with E-state index in [4.69, 9.17) is 11.6 Å². The van der Waals surface area contributed by atoms with Gasteiger partial charge in [-0.15, -0.1) is 0 Å². The van der Waals surface area contributed by atoms with Crippen LogP contribution in [0, 0.1) is 0 Å². The van der Waals surface area contributed by atoms with Crippen molar-refractivity contribution in [2.24, 2.45) is 0 Å². The highest BCUT2D eigenvalue weighted by Gasteiger charge is 2.15. The molecule has 0 bridgehead atoms. The molecule has 1 aromatic heterocycles. The minimum Gasteiger partial charge on any atom is -0.374 e. The molecule has 1 heterocycles. The Morgan fingerprint density at radius 1 is 1.50 bits per heavy atom. The zero-order valence-electron chi connectivity index (χ0n) is 11.2. The summed E-state index contributed by atoms with van der Waals surface area (Å²) < 4.78 is 28.3. The van der Waals surface area contributed by atoms with Crippen LogP contribution in [-0.4, -0.2) is 42.1 Å². The molecule has 20 heavy (non-hydrogen) atoms. The van der Waals surface area contributed by atoms with E-state index in [2.05, 4.69) is 20.0 Å². The van der Waals surface area contributed by atoms with E-state index < -0.39 is 18.9 Å². The second-order valence-corrected chi connectivity index (χ2v) is 4.71. The third-order valence-corrected chi connectivity index (χ3v) is 2.55. The monoisotopic (exact) mass is 307 g/mol. The summed E-state index contributed by atoms with van der Waals surface area (Å²) in [5.74, 6) is 0.0849. The number of hydrogen-bond acceptors (Lipinski definition) is 4. The van der Waals surface area contributed by atoms with Gasteiger partial charge in [-0.2, -0.15) is 0 Å². The number of amides is 1. The molecule has 0 saturated carbocycles. The second kappa shape index (κ2) is 8.06.